The lowest BCUT2D eigenvalue weighted by Crippen LogP contribution is -2.24. The zero-order chi connectivity index (χ0) is 22.7. The molecule has 1 heterocycles. The number of amides is 1. The van der Waals surface area contributed by atoms with Crippen LogP contribution in [0.5, 0.6) is 17.2 Å². The van der Waals surface area contributed by atoms with Crippen LogP contribution in [-0.4, -0.2) is 40.3 Å². The number of halogens is 1. The Balaban J connectivity index is 2.18. The largest absolute Gasteiger partial charge is 0.497 e. The van der Waals surface area contributed by atoms with E-state index < -0.39 is 11.9 Å². The molecule has 0 fully saturated rings. The number of nitrogens with zero attached hydrogens (tertiary/aromatic N) is 1. The number of hydrogen-bond donors (Lipinski definition) is 0. The first-order valence-electron chi connectivity index (χ1n) is 9.27. The van der Waals surface area contributed by atoms with Crippen molar-refractivity contribution in [1.82, 2.24) is 0 Å². The van der Waals surface area contributed by atoms with Gasteiger partial charge < -0.3 is 18.9 Å². The van der Waals surface area contributed by atoms with Crippen LogP contribution in [0, 0.1) is 0 Å². The van der Waals surface area contributed by atoms with E-state index in [4.69, 9.17) is 30.5 Å². The Bertz CT molecular complexity index is 1110. The molecule has 0 atom stereocenters. The van der Waals surface area contributed by atoms with E-state index >= 15 is 0 Å². The number of benzene rings is 2. The zero-order valence-corrected chi connectivity index (χ0v) is 18.6. The van der Waals surface area contributed by atoms with Gasteiger partial charge >= 0.3 is 5.97 Å². The van der Waals surface area contributed by atoms with E-state index in [1.54, 1.807) is 56.5 Å². The van der Waals surface area contributed by atoms with E-state index in [1.807, 2.05) is 0 Å². The molecule has 0 radical (unpaired) electrons. The van der Waals surface area contributed by atoms with Crippen LogP contribution in [0.1, 0.15) is 12.5 Å². The normalized spacial score (nSPS) is 14.8. The van der Waals surface area contributed by atoms with E-state index in [0.717, 1.165) is 0 Å². The molecule has 0 saturated heterocycles. The number of methoxy groups -OCH3 is 4. The minimum absolute atomic E-state index is 0.157. The molecule has 7 nitrogen and oxygen atoms in total. The third-order valence-corrected chi connectivity index (χ3v) is 5.22. The first-order chi connectivity index (χ1) is 14.9. The summed E-state index contributed by atoms with van der Waals surface area (Å²) in [5.74, 6) is 0.556. The summed E-state index contributed by atoms with van der Waals surface area (Å²) in [5.41, 5.74) is 1.82. The van der Waals surface area contributed by atoms with Crippen LogP contribution < -0.4 is 19.1 Å². The summed E-state index contributed by atoms with van der Waals surface area (Å²) < 4.78 is 20.8. The van der Waals surface area contributed by atoms with Crippen LogP contribution in [0.4, 0.5) is 5.69 Å². The topological polar surface area (TPSA) is 74.3 Å². The molecule has 0 bridgehead atoms. The van der Waals surface area contributed by atoms with Crippen LogP contribution in [-0.2, 0) is 14.3 Å². The van der Waals surface area contributed by atoms with Crippen molar-refractivity contribution < 1.29 is 28.5 Å². The maximum Gasteiger partial charge on any atom is 0.340 e. The predicted octanol–water partition coefficient (Wildman–Crippen LogP) is 4.24. The fourth-order valence-corrected chi connectivity index (χ4v) is 3.64. The van der Waals surface area contributed by atoms with Crippen molar-refractivity contribution in [3.63, 3.8) is 0 Å². The van der Waals surface area contributed by atoms with Gasteiger partial charge in [0.05, 0.1) is 50.3 Å². The molecule has 1 amide bonds. The molecule has 2 aromatic rings. The smallest absolute Gasteiger partial charge is 0.340 e. The molecular weight excluding hydrogens is 422 g/mol. The quantitative estimate of drug-likeness (QED) is 0.491. The lowest BCUT2D eigenvalue weighted by atomic mass is 10.0. The molecule has 3 rings (SSSR count). The van der Waals surface area contributed by atoms with Crippen molar-refractivity contribution in [2.45, 2.75) is 6.92 Å². The second-order valence-corrected chi connectivity index (χ2v) is 6.98. The summed E-state index contributed by atoms with van der Waals surface area (Å²) in [7, 11) is 5.83. The molecule has 0 spiro atoms. The molecule has 0 N–H and O–H groups in total. The van der Waals surface area contributed by atoms with E-state index in [1.165, 1.54) is 26.2 Å². The van der Waals surface area contributed by atoms with Crippen LogP contribution in [0.15, 0.2) is 53.2 Å². The fourth-order valence-electron chi connectivity index (χ4n) is 3.39. The average molecular weight is 444 g/mol. The summed E-state index contributed by atoms with van der Waals surface area (Å²) in [6, 6.07) is 10.1. The van der Waals surface area contributed by atoms with Gasteiger partial charge in [-0.1, -0.05) is 11.6 Å². The Labute approximate surface area is 185 Å². The minimum atomic E-state index is -0.624. The van der Waals surface area contributed by atoms with Gasteiger partial charge in [0.2, 0.25) is 0 Å². The maximum atomic E-state index is 13.4. The molecule has 1 aliphatic rings. The third kappa shape index (κ3) is 4.09. The molecule has 31 heavy (non-hydrogen) atoms. The van der Waals surface area contributed by atoms with Gasteiger partial charge in [-0.05, 0) is 49.4 Å². The van der Waals surface area contributed by atoms with Gasteiger partial charge in [0.15, 0.2) is 0 Å². The van der Waals surface area contributed by atoms with Gasteiger partial charge in [-0.15, -0.1) is 0 Å². The van der Waals surface area contributed by atoms with Gasteiger partial charge in [0.1, 0.15) is 17.2 Å². The number of carbonyl (C=O) groups is 2. The molecule has 2 aromatic carbocycles. The number of allylic oxidation sites excluding steroid dienone is 1. The molecule has 8 heteroatoms. The second-order valence-electron chi connectivity index (χ2n) is 6.58. The number of esters is 1. The SMILES string of the molecule is COC(=O)C1=C(C)N(c2ccc(OC)c(Cl)c2)C(=O)/C1=C\c1cc(OC)ccc1OC. The molecule has 1 aliphatic heterocycles. The van der Waals surface area contributed by atoms with E-state index in [9.17, 15) is 9.59 Å². The Morgan fingerprint density at radius 2 is 1.65 bits per heavy atom. The van der Waals surface area contributed by atoms with E-state index in [0.29, 0.717) is 39.2 Å². The van der Waals surface area contributed by atoms with Gasteiger partial charge in [-0.3, -0.25) is 9.69 Å². The Morgan fingerprint density at radius 3 is 2.23 bits per heavy atom. The van der Waals surface area contributed by atoms with Gasteiger partial charge in [-0.2, -0.15) is 0 Å². The van der Waals surface area contributed by atoms with Crippen LogP contribution in [0.2, 0.25) is 5.02 Å². The summed E-state index contributed by atoms with van der Waals surface area (Å²) in [5, 5.41) is 0.340. The zero-order valence-electron chi connectivity index (χ0n) is 17.8. The van der Waals surface area contributed by atoms with Crippen molar-refractivity contribution in [3.05, 3.63) is 63.8 Å². The van der Waals surface area contributed by atoms with Crippen molar-refractivity contribution in [1.29, 1.82) is 0 Å². The second kappa shape index (κ2) is 9.14. The molecule has 0 saturated carbocycles. The average Bonchev–Trinajstić information content (AvgIpc) is 3.02. The first kappa shape index (κ1) is 22.2. The van der Waals surface area contributed by atoms with Crippen LogP contribution >= 0.6 is 11.6 Å². The van der Waals surface area contributed by atoms with Crippen LogP contribution in [0.3, 0.4) is 0 Å². The Morgan fingerprint density at radius 1 is 0.968 bits per heavy atom. The lowest BCUT2D eigenvalue weighted by molar-refractivity contribution is -0.136. The Hall–Kier alpha value is -3.45. The van der Waals surface area contributed by atoms with E-state index in [-0.39, 0.29) is 11.1 Å². The highest BCUT2D eigenvalue weighted by Crippen LogP contribution is 2.39. The predicted molar refractivity (Wildman–Crippen MR) is 118 cm³/mol. The number of ether oxygens (including phenoxy) is 4. The fraction of sp³-hybridized carbons (Fsp3) is 0.217. The molecule has 0 aliphatic carbocycles. The highest BCUT2D eigenvalue weighted by atomic mass is 35.5. The van der Waals surface area contributed by atoms with Crippen molar-refractivity contribution in [3.8, 4) is 17.2 Å². The van der Waals surface area contributed by atoms with E-state index in [2.05, 4.69) is 0 Å². The highest BCUT2D eigenvalue weighted by Gasteiger charge is 2.38. The monoisotopic (exact) mass is 443 g/mol. The summed E-state index contributed by atoms with van der Waals surface area (Å²) in [6.45, 7) is 1.67. The van der Waals surface area contributed by atoms with Gasteiger partial charge in [0, 0.05) is 11.3 Å². The summed E-state index contributed by atoms with van der Waals surface area (Å²) >= 11 is 6.25. The van der Waals surface area contributed by atoms with Crippen molar-refractivity contribution in [2.24, 2.45) is 0 Å². The standard InChI is InChI=1S/C23H22ClNO6/c1-13-21(23(27)31-5)17(11-14-10-16(28-2)7-9-19(14)29-3)22(26)25(13)15-6-8-20(30-4)18(24)12-15/h6-12H,1-5H3/b17-11-. The van der Waals surface area contributed by atoms with Gasteiger partial charge in [0.25, 0.3) is 5.91 Å². The molecule has 162 valence electrons. The minimum Gasteiger partial charge on any atom is -0.497 e. The summed E-state index contributed by atoms with van der Waals surface area (Å²) in [4.78, 5) is 27.4. The lowest BCUT2D eigenvalue weighted by Gasteiger charge is -2.19. The number of anilines is 1. The molecule has 0 unspecified atom stereocenters. The van der Waals surface area contributed by atoms with Gasteiger partial charge in [-0.25, -0.2) is 4.79 Å². The first-order valence-corrected chi connectivity index (χ1v) is 9.65. The van der Waals surface area contributed by atoms with Crippen LogP contribution in [0.25, 0.3) is 6.08 Å². The van der Waals surface area contributed by atoms with Crippen molar-refractivity contribution in [2.75, 3.05) is 33.3 Å². The summed E-state index contributed by atoms with van der Waals surface area (Å²) in [6.07, 6.45) is 1.59. The number of hydrogen-bond acceptors (Lipinski definition) is 6. The highest BCUT2D eigenvalue weighted by molar-refractivity contribution is 6.32. The van der Waals surface area contributed by atoms with Crippen molar-refractivity contribution >= 4 is 35.2 Å². The third-order valence-electron chi connectivity index (χ3n) is 4.92. The molecule has 0 aromatic heterocycles. The molecular formula is C23H22ClNO6. The number of rotatable bonds is 6. The maximum absolute atomic E-state index is 13.4. The number of carbonyl (C=O) groups excluding carboxylic acids is 2. The Kier molecular flexibility index (Phi) is 6.56.